The molecule has 0 aromatic heterocycles. The number of ether oxygens (including phenoxy) is 3. The number of esters is 1. The molecule has 19 heavy (non-hydrogen) atoms. The van der Waals surface area contributed by atoms with Gasteiger partial charge in [0.15, 0.2) is 0 Å². The first-order valence-electron chi connectivity index (χ1n) is 6.98. The molecular formula is C14H29NO4. The van der Waals surface area contributed by atoms with Crippen LogP contribution < -0.4 is 0 Å². The van der Waals surface area contributed by atoms with Gasteiger partial charge in [0.25, 0.3) is 0 Å². The van der Waals surface area contributed by atoms with E-state index in [1.54, 1.807) is 0 Å². The van der Waals surface area contributed by atoms with Gasteiger partial charge in [0.2, 0.25) is 0 Å². The molecule has 0 aromatic rings. The van der Waals surface area contributed by atoms with Crippen molar-refractivity contribution in [1.29, 1.82) is 0 Å². The number of rotatable bonds is 11. The fourth-order valence-corrected chi connectivity index (χ4v) is 1.52. The fraction of sp³-hybridized carbons (Fsp3) is 0.929. The molecule has 0 saturated heterocycles. The maximum absolute atomic E-state index is 11.2. The Morgan fingerprint density at radius 2 is 1.42 bits per heavy atom. The van der Waals surface area contributed by atoms with E-state index in [0.29, 0.717) is 26.2 Å². The minimum atomic E-state index is -0.181. The van der Waals surface area contributed by atoms with Crippen molar-refractivity contribution < 1.29 is 19.0 Å². The second-order valence-corrected chi connectivity index (χ2v) is 5.01. The first-order valence-corrected chi connectivity index (χ1v) is 6.98. The molecule has 0 amide bonds. The zero-order chi connectivity index (χ0) is 14.7. The van der Waals surface area contributed by atoms with Gasteiger partial charge in [-0.15, -0.1) is 0 Å². The van der Waals surface area contributed by atoms with Crippen LogP contribution in [0.1, 0.15) is 34.1 Å². The van der Waals surface area contributed by atoms with Gasteiger partial charge in [-0.1, -0.05) is 0 Å². The van der Waals surface area contributed by atoms with Gasteiger partial charge in [0.05, 0.1) is 39.0 Å². The van der Waals surface area contributed by atoms with Crippen LogP contribution in [0, 0.1) is 0 Å². The summed E-state index contributed by atoms with van der Waals surface area (Å²) in [6, 6.07) is 0. The topological polar surface area (TPSA) is 48.0 Å². The van der Waals surface area contributed by atoms with Crippen molar-refractivity contribution in [3.05, 3.63) is 0 Å². The number of methoxy groups -OCH3 is 1. The molecule has 0 aliphatic heterocycles. The molecule has 0 rings (SSSR count). The quantitative estimate of drug-likeness (QED) is 0.537. The van der Waals surface area contributed by atoms with Gasteiger partial charge in [0, 0.05) is 19.6 Å². The van der Waals surface area contributed by atoms with E-state index in [1.807, 2.05) is 27.7 Å². The summed E-state index contributed by atoms with van der Waals surface area (Å²) in [4.78, 5) is 13.3. The highest BCUT2D eigenvalue weighted by atomic mass is 16.5. The lowest BCUT2D eigenvalue weighted by Crippen LogP contribution is -2.34. The molecule has 0 saturated carbocycles. The number of carbonyl (C=O) groups excluding carboxylic acids is 1. The third kappa shape index (κ3) is 12.1. The molecule has 0 unspecified atom stereocenters. The molecule has 0 bridgehead atoms. The van der Waals surface area contributed by atoms with Crippen molar-refractivity contribution in [1.82, 2.24) is 4.90 Å². The summed E-state index contributed by atoms with van der Waals surface area (Å²) in [5.41, 5.74) is 0. The monoisotopic (exact) mass is 275 g/mol. The van der Waals surface area contributed by atoms with Crippen LogP contribution in [-0.4, -0.2) is 63.0 Å². The normalized spacial score (nSPS) is 11.6. The number of nitrogens with zero attached hydrogens (tertiary/aromatic N) is 1. The van der Waals surface area contributed by atoms with E-state index in [9.17, 15) is 4.79 Å². The minimum Gasteiger partial charge on any atom is -0.469 e. The first-order chi connectivity index (χ1) is 8.95. The predicted octanol–water partition coefficient (Wildman–Crippen LogP) is 1.70. The predicted molar refractivity (Wildman–Crippen MR) is 75.2 cm³/mol. The summed E-state index contributed by atoms with van der Waals surface area (Å²) in [5, 5.41) is 0. The molecule has 0 aliphatic rings. The summed E-state index contributed by atoms with van der Waals surface area (Å²) >= 11 is 0. The lowest BCUT2D eigenvalue weighted by atomic mass is 10.3. The van der Waals surface area contributed by atoms with E-state index in [4.69, 9.17) is 9.47 Å². The van der Waals surface area contributed by atoms with Crippen LogP contribution in [-0.2, 0) is 19.0 Å². The van der Waals surface area contributed by atoms with E-state index in [1.165, 1.54) is 7.11 Å². The highest BCUT2D eigenvalue weighted by Crippen LogP contribution is 1.97. The molecule has 0 fully saturated rings. The van der Waals surface area contributed by atoms with Crippen LogP contribution in [0.25, 0.3) is 0 Å². The van der Waals surface area contributed by atoms with Crippen LogP contribution in [0.5, 0.6) is 0 Å². The standard InChI is InChI=1S/C14H29NO4/c1-12(2)18-10-8-15(7-6-14(16)17-5)9-11-19-13(3)4/h12-13H,6-11H2,1-5H3. The van der Waals surface area contributed by atoms with Crippen molar-refractivity contribution in [2.45, 2.75) is 46.3 Å². The molecule has 5 heteroatoms. The lowest BCUT2D eigenvalue weighted by molar-refractivity contribution is -0.141. The van der Waals surface area contributed by atoms with Crippen LogP contribution in [0.4, 0.5) is 0 Å². The molecular weight excluding hydrogens is 246 g/mol. The lowest BCUT2D eigenvalue weighted by Gasteiger charge is -2.22. The summed E-state index contributed by atoms with van der Waals surface area (Å²) in [6.07, 6.45) is 0.864. The maximum atomic E-state index is 11.2. The largest absolute Gasteiger partial charge is 0.469 e. The highest BCUT2D eigenvalue weighted by molar-refractivity contribution is 5.69. The van der Waals surface area contributed by atoms with Crippen LogP contribution in [0.3, 0.4) is 0 Å². The third-order valence-corrected chi connectivity index (χ3v) is 2.58. The van der Waals surface area contributed by atoms with E-state index >= 15 is 0 Å². The zero-order valence-corrected chi connectivity index (χ0v) is 13.0. The van der Waals surface area contributed by atoms with Gasteiger partial charge >= 0.3 is 5.97 Å². The molecule has 114 valence electrons. The molecule has 0 spiro atoms. The zero-order valence-electron chi connectivity index (χ0n) is 13.0. The Kier molecular flexibility index (Phi) is 10.8. The maximum Gasteiger partial charge on any atom is 0.306 e. The molecule has 0 N–H and O–H groups in total. The Hall–Kier alpha value is -0.650. The Morgan fingerprint density at radius 1 is 0.947 bits per heavy atom. The SMILES string of the molecule is COC(=O)CCN(CCOC(C)C)CCOC(C)C. The third-order valence-electron chi connectivity index (χ3n) is 2.58. The Labute approximate surface area is 117 Å². The van der Waals surface area contributed by atoms with Gasteiger partial charge in [-0.2, -0.15) is 0 Å². The van der Waals surface area contributed by atoms with Gasteiger partial charge in [-0.25, -0.2) is 0 Å². The van der Waals surface area contributed by atoms with Gasteiger partial charge in [-0.3, -0.25) is 9.69 Å². The Balaban J connectivity index is 3.95. The molecule has 0 aliphatic carbocycles. The molecule has 0 atom stereocenters. The number of carbonyl (C=O) groups is 1. The van der Waals surface area contributed by atoms with Crippen molar-refractivity contribution in [3.8, 4) is 0 Å². The van der Waals surface area contributed by atoms with Crippen molar-refractivity contribution in [2.24, 2.45) is 0 Å². The Morgan fingerprint density at radius 3 is 1.79 bits per heavy atom. The highest BCUT2D eigenvalue weighted by Gasteiger charge is 2.09. The molecule has 5 nitrogen and oxygen atoms in total. The van der Waals surface area contributed by atoms with Crippen LogP contribution in [0.15, 0.2) is 0 Å². The fourth-order valence-electron chi connectivity index (χ4n) is 1.52. The molecule has 0 radical (unpaired) electrons. The van der Waals surface area contributed by atoms with E-state index in [-0.39, 0.29) is 18.2 Å². The van der Waals surface area contributed by atoms with Crippen LogP contribution >= 0.6 is 0 Å². The summed E-state index contributed by atoms with van der Waals surface area (Å²) in [6.45, 7) is 11.7. The second-order valence-electron chi connectivity index (χ2n) is 5.01. The first kappa shape index (κ1) is 18.4. The molecule has 0 aromatic carbocycles. The van der Waals surface area contributed by atoms with Crippen molar-refractivity contribution in [3.63, 3.8) is 0 Å². The minimum absolute atomic E-state index is 0.181. The van der Waals surface area contributed by atoms with Gasteiger partial charge in [-0.05, 0) is 27.7 Å². The van der Waals surface area contributed by atoms with Gasteiger partial charge < -0.3 is 14.2 Å². The Bertz CT molecular complexity index is 217. The van der Waals surface area contributed by atoms with E-state index in [2.05, 4.69) is 9.64 Å². The van der Waals surface area contributed by atoms with Gasteiger partial charge in [0.1, 0.15) is 0 Å². The van der Waals surface area contributed by atoms with Crippen molar-refractivity contribution >= 4 is 5.97 Å². The average Bonchev–Trinajstić information content (AvgIpc) is 2.33. The smallest absolute Gasteiger partial charge is 0.306 e. The molecule has 0 heterocycles. The van der Waals surface area contributed by atoms with E-state index in [0.717, 1.165) is 13.1 Å². The van der Waals surface area contributed by atoms with Crippen molar-refractivity contribution in [2.75, 3.05) is 40.0 Å². The number of hydrogen-bond donors (Lipinski definition) is 0. The average molecular weight is 275 g/mol. The van der Waals surface area contributed by atoms with Crippen LogP contribution in [0.2, 0.25) is 0 Å². The second kappa shape index (κ2) is 11.2. The number of hydrogen-bond acceptors (Lipinski definition) is 5. The summed E-state index contributed by atoms with van der Waals surface area (Å²) in [5.74, 6) is -0.181. The summed E-state index contributed by atoms with van der Waals surface area (Å²) in [7, 11) is 1.41. The van der Waals surface area contributed by atoms with E-state index < -0.39 is 0 Å². The summed E-state index contributed by atoms with van der Waals surface area (Å²) < 4.78 is 15.7.